The lowest BCUT2D eigenvalue weighted by molar-refractivity contribution is -0.142. The Kier molecular flexibility index (Phi) is 6.90. The fraction of sp³-hybridized carbons (Fsp3) is 0.133. The molecule has 0 fully saturated rings. The van der Waals surface area contributed by atoms with Crippen LogP contribution in [0.15, 0.2) is 72.9 Å². The van der Waals surface area contributed by atoms with Gasteiger partial charge in [0, 0.05) is 15.6 Å². The van der Waals surface area contributed by atoms with Gasteiger partial charge in [0.05, 0.1) is 35.5 Å². The fourth-order valence-electron chi connectivity index (χ4n) is 4.94. The number of alkyl halides is 3. The lowest BCUT2D eigenvalue weighted by atomic mass is 10.0. The number of carbonyl (C=O) groups is 1. The molecule has 3 aromatic heterocycles. The standard InChI is InChI=1S/C30H21Cl2F3N6O/c1-16-27(17(2)40(39-16)15-19-10-11-20(31)12-24(19)32)38-29(42)23-14-36-41-26(30(33,34)35)13-25(37-28(23)41)22-9-5-7-18-6-3-4-8-21(18)22/h3-14H,15H2,1-2H3,(H,38,42). The molecule has 0 atom stereocenters. The van der Waals surface area contributed by atoms with E-state index in [1.807, 2.05) is 24.3 Å². The molecular weight excluding hydrogens is 588 g/mol. The van der Waals surface area contributed by atoms with Gasteiger partial charge >= 0.3 is 6.18 Å². The molecule has 6 aromatic rings. The molecule has 0 radical (unpaired) electrons. The van der Waals surface area contributed by atoms with Crippen molar-refractivity contribution in [2.75, 3.05) is 5.32 Å². The minimum Gasteiger partial charge on any atom is -0.319 e. The van der Waals surface area contributed by atoms with Gasteiger partial charge in [-0.25, -0.2) is 9.50 Å². The second-order valence-corrected chi connectivity index (χ2v) is 10.6. The predicted molar refractivity (Wildman–Crippen MR) is 156 cm³/mol. The van der Waals surface area contributed by atoms with E-state index in [0.717, 1.165) is 28.6 Å². The van der Waals surface area contributed by atoms with Gasteiger partial charge in [-0.1, -0.05) is 71.7 Å². The Labute approximate surface area is 247 Å². The number of aryl methyl sites for hydroxylation is 1. The summed E-state index contributed by atoms with van der Waals surface area (Å²) in [5.74, 6) is -0.670. The zero-order valence-electron chi connectivity index (χ0n) is 22.2. The quantitative estimate of drug-likeness (QED) is 0.215. The number of benzene rings is 3. The summed E-state index contributed by atoms with van der Waals surface area (Å²) < 4.78 is 44.9. The van der Waals surface area contributed by atoms with Crippen LogP contribution >= 0.6 is 23.2 Å². The largest absolute Gasteiger partial charge is 0.433 e. The molecule has 0 bridgehead atoms. The number of halogens is 5. The van der Waals surface area contributed by atoms with Crippen LogP contribution in [0.25, 0.3) is 27.7 Å². The number of carbonyl (C=O) groups excluding carboxylic acids is 1. The maximum absolute atomic E-state index is 14.2. The van der Waals surface area contributed by atoms with Gasteiger partial charge in [-0.3, -0.25) is 9.48 Å². The summed E-state index contributed by atoms with van der Waals surface area (Å²) in [5.41, 5.74) is 1.53. The van der Waals surface area contributed by atoms with Crippen molar-refractivity contribution in [3.8, 4) is 11.3 Å². The van der Waals surface area contributed by atoms with Gasteiger partial charge in [0.2, 0.25) is 0 Å². The average Bonchev–Trinajstić information content (AvgIpc) is 3.49. The number of nitrogens with one attached hydrogen (secondary N) is 1. The molecule has 12 heteroatoms. The Hall–Kier alpha value is -4.41. The van der Waals surface area contributed by atoms with E-state index < -0.39 is 17.8 Å². The number of amides is 1. The highest BCUT2D eigenvalue weighted by Crippen LogP contribution is 2.35. The van der Waals surface area contributed by atoms with Crippen LogP contribution in [0.4, 0.5) is 18.9 Å². The molecule has 0 aliphatic heterocycles. The summed E-state index contributed by atoms with van der Waals surface area (Å²) in [5, 5.41) is 13.8. The number of hydrogen-bond acceptors (Lipinski definition) is 4. The smallest absolute Gasteiger partial charge is 0.319 e. The van der Waals surface area contributed by atoms with Crippen molar-refractivity contribution in [1.82, 2.24) is 24.4 Å². The van der Waals surface area contributed by atoms with Gasteiger partial charge in [-0.15, -0.1) is 0 Å². The topological polar surface area (TPSA) is 77.1 Å². The molecule has 3 heterocycles. The average molecular weight is 609 g/mol. The number of nitrogens with zero attached hydrogens (tertiary/aromatic N) is 5. The fourth-order valence-corrected chi connectivity index (χ4v) is 5.40. The van der Waals surface area contributed by atoms with Gasteiger partial charge in [0.15, 0.2) is 11.3 Å². The highest BCUT2D eigenvalue weighted by Gasteiger charge is 2.36. The number of hydrogen-bond donors (Lipinski definition) is 1. The van der Waals surface area contributed by atoms with Crippen molar-refractivity contribution < 1.29 is 18.0 Å². The predicted octanol–water partition coefficient (Wildman–Crippen LogP) is 7.99. The second-order valence-electron chi connectivity index (χ2n) is 9.74. The van der Waals surface area contributed by atoms with E-state index in [1.165, 1.54) is 0 Å². The monoisotopic (exact) mass is 608 g/mol. The van der Waals surface area contributed by atoms with E-state index in [-0.39, 0.29) is 16.9 Å². The first kappa shape index (κ1) is 27.7. The number of anilines is 1. The van der Waals surface area contributed by atoms with Crippen LogP contribution in [0.2, 0.25) is 10.0 Å². The molecule has 0 saturated carbocycles. The molecule has 0 saturated heterocycles. The number of fused-ring (bicyclic) bond motifs is 2. The Balaban J connectivity index is 1.40. The third-order valence-corrected chi connectivity index (χ3v) is 7.61. The molecule has 212 valence electrons. The Morgan fingerprint density at radius 3 is 2.52 bits per heavy atom. The lowest BCUT2D eigenvalue weighted by Crippen LogP contribution is -2.16. The van der Waals surface area contributed by atoms with Gasteiger partial charge in [-0.05, 0) is 48.4 Å². The first-order valence-corrected chi connectivity index (χ1v) is 13.5. The zero-order chi connectivity index (χ0) is 29.8. The van der Waals surface area contributed by atoms with Crippen LogP contribution < -0.4 is 5.32 Å². The summed E-state index contributed by atoms with van der Waals surface area (Å²) in [6, 6.07) is 18.7. The number of aromatic nitrogens is 5. The van der Waals surface area contributed by atoms with Crippen LogP contribution in [0, 0.1) is 13.8 Å². The molecule has 1 amide bonds. The van der Waals surface area contributed by atoms with Crippen molar-refractivity contribution in [3.63, 3.8) is 0 Å². The van der Waals surface area contributed by atoms with E-state index in [9.17, 15) is 18.0 Å². The molecule has 6 rings (SSSR count). The van der Waals surface area contributed by atoms with Crippen LogP contribution in [0.3, 0.4) is 0 Å². The van der Waals surface area contributed by atoms with Crippen molar-refractivity contribution in [2.45, 2.75) is 26.6 Å². The van der Waals surface area contributed by atoms with Gasteiger partial charge < -0.3 is 5.32 Å². The number of rotatable bonds is 5. The van der Waals surface area contributed by atoms with Crippen molar-refractivity contribution in [3.05, 3.63) is 111 Å². The van der Waals surface area contributed by atoms with E-state index in [1.54, 1.807) is 54.9 Å². The first-order valence-electron chi connectivity index (χ1n) is 12.7. The highest BCUT2D eigenvalue weighted by molar-refractivity contribution is 6.35. The molecule has 0 spiro atoms. The Bertz CT molecular complexity index is 2010. The lowest BCUT2D eigenvalue weighted by Gasteiger charge is -2.13. The second kappa shape index (κ2) is 10.5. The van der Waals surface area contributed by atoms with Gasteiger partial charge in [-0.2, -0.15) is 23.4 Å². The van der Waals surface area contributed by atoms with E-state index in [4.69, 9.17) is 23.2 Å². The Morgan fingerprint density at radius 2 is 1.76 bits per heavy atom. The van der Waals surface area contributed by atoms with E-state index >= 15 is 0 Å². The normalized spacial score (nSPS) is 11.9. The first-order chi connectivity index (χ1) is 20.0. The third-order valence-electron chi connectivity index (χ3n) is 7.03. The molecular formula is C30H21Cl2F3N6O. The molecule has 0 aliphatic rings. The molecule has 1 N–H and O–H groups in total. The van der Waals surface area contributed by atoms with Crippen molar-refractivity contribution in [2.24, 2.45) is 0 Å². The minimum atomic E-state index is -4.75. The highest BCUT2D eigenvalue weighted by atomic mass is 35.5. The Morgan fingerprint density at radius 1 is 1.00 bits per heavy atom. The van der Waals surface area contributed by atoms with Gasteiger partial charge in [0.1, 0.15) is 5.56 Å². The van der Waals surface area contributed by atoms with Crippen molar-refractivity contribution >= 4 is 51.2 Å². The summed E-state index contributed by atoms with van der Waals surface area (Å²) in [6.45, 7) is 3.81. The molecule has 7 nitrogen and oxygen atoms in total. The summed E-state index contributed by atoms with van der Waals surface area (Å²) >= 11 is 12.3. The third kappa shape index (κ3) is 4.97. The molecule has 3 aromatic carbocycles. The van der Waals surface area contributed by atoms with Crippen LogP contribution in [-0.2, 0) is 12.7 Å². The molecule has 0 aliphatic carbocycles. The van der Waals surface area contributed by atoms with E-state index in [0.29, 0.717) is 43.7 Å². The molecule has 42 heavy (non-hydrogen) atoms. The van der Waals surface area contributed by atoms with Crippen LogP contribution in [0.5, 0.6) is 0 Å². The van der Waals surface area contributed by atoms with Crippen LogP contribution in [-0.4, -0.2) is 30.3 Å². The van der Waals surface area contributed by atoms with E-state index in [2.05, 4.69) is 20.5 Å². The summed E-state index contributed by atoms with van der Waals surface area (Å²) in [7, 11) is 0. The zero-order valence-corrected chi connectivity index (χ0v) is 23.7. The summed E-state index contributed by atoms with van der Waals surface area (Å²) in [6.07, 6.45) is -3.67. The maximum Gasteiger partial charge on any atom is 0.433 e. The van der Waals surface area contributed by atoms with Crippen LogP contribution in [0.1, 0.15) is 33.0 Å². The minimum absolute atomic E-state index is 0.0706. The molecule has 0 unspecified atom stereocenters. The summed E-state index contributed by atoms with van der Waals surface area (Å²) in [4.78, 5) is 18.0. The SMILES string of the molecule is Cc1nn(Cc2ccc(Cl)cc2Cl)c(C)c1NC(=O)c1cnn2c(C(F)(F)F)cc(-c3cccc4ccccc34)nc12. The van der Waals surface area contributed by atoms with Gasteiger partial charge in [0.25, 0.3) is 5.91 Å². The maximum atomic E-state index is 14.2. The van der Waals surface area contributed by atoms with Crippen molar-refractivity contribution in [1.29, 1.82) is 0 Å².